The standard InChI is InChI=1S/C48H62N4O4/c1-9-11-13-15-17-19-21-35-31(3)39-27-40-33(5)37(23-25-47(53)55-7)45(50-40)30-46-38(24-26-48(54)56-8)34(6)42(52-46)29-44-36(22-20-18-16-14-12-10-2)32(4)41(51-44)28-43(35)49-39/h19-22,27-30,49,51H,9-18,23-26H2,1-8H3/b21-19+,22-20+,39-27?,40-27?,41-28?,42-29?,43-28?,44-29?,45-30?,46-30?. The first-order valence-electron chi connectivity index (χ1n) is 20.7. The van der Waals surface area contributed by atoms with E-state index in [1.165, 1.54) is 76.7 Å². The van der Waals surface area contributed by atoms with Crippen LogP contribution < -0.4 is 0 Å². The minimum Gasteiger partial charge on any atom is -0.469 e. The molecule has 0 atom stereocenters. The molecule has 8 bridgehead atoms. The zero-order valence-electron chi connectivity index (χ0n) is 35.0. The first-order chi connectivity index (χ1) is 27.1. The zero-order valence-corrected chi connectivity index (χ0v) is 35.0. The van der Waals surface area contributed by atoms with Crippen molar-refractivity contribution in [2.75, 3.05) is 14.2 Å². The molecule has 0 unspecified atom stereocenters. The van der Waals surface area contributed by atoms with Gasteiger partial charge in [0.15, 0.2) is 0 Å². The number of unbranched alkanes of at least 4 members (excludes halogenated alkanes) is 8. The average Bonchev–Trinajstić information content (AvgIpc) is 3.85. The van der Waals surface area contributed by atoms with E-state index in [0.29, 0.717) is 12.8 Å². The van der Waals surface area contributed by atoms with Gasteiger partial charge in [0.1, 0.15) is 0 Å². The molecule has 2 N–H and O–H groups in total. The van der Waals surface area contributed by atoms with Gasteiger partial charge in [-0.15, -0.1) is 0 Å². The lowest BCUT2D eigenvalue weighted by Crippen LogP contribution is -2.01. The van der Waals surface area contributed by atoms with Gasteiger partial charge in [-0.1, -0.05) is 76.7 Å². The molecule has 56 heavy (non-hydrogen) atoms. The van der Waals surface area contributed by atoms with Crippen LogP contribution in [0.5, 0.6) is 0 Å². The molecule has 3 aromatic heterocycles. The van der Waals surface area contributed by atoms with Crippen LogP contribution in [0.25, 0.3) is 56.5 Å². The summed E-state index contributed by atoms with van der Waals surface area (Å²) in [6, 6.07) is 8.54. The Labute approximate surface area is 333 Å². The fourth-order valence-corrected chi connectivity index (χ4v) is 7.64. The van der Waals surface area contributed by atoms with E-state index < -0.39 is 0 Å². The number of fused-ring (bicyclic) bond motifs is 8. The molecule has 0 spiro atoms. The molecule has 0 radical (unpaired) electrons. The topological polar surface area (TPSA) is 110 Å². The third-order valence-electron chi connectivity index (χ3n) is 11.3. The minimum atomic E-state index is -0.267. The normalized spacial score (nSPS) is 13.1. The number of carbonyl (C=O) groups is 2. The fraction of sp³-hybridized carbons (Fsp3) is 0.458. The lowest BCUT2D eigenvalue weighted by atomic mass is 9.98. The van der Waals surface area contributed by atoms with Crippen LogP contribution in [0.2, 0.25) is 0 Å². The Morgan fingerprint density at radius 3 is 1.45 bits per heavy atom. The van der Waals surface area contributed by atoms with Crippen LogP contribution >= 0.6 is 0 Å². The SMILES string of the molecule is CCCCCC/C=C/c1c(C)c2cc3[nH]c(cc4nc(cc5nc(cc1[nH]2)C(C)=C5CCC(=O)OC)C(CCC(=O)OC)=C4C)c(C)c3/C=C/CCCCCC. The molecule has 0 fully saturated rings. The number of allylic oxidation sites excluding steroid dienone is 6. The third kappa shape index (κ3) is 10.2. The van der Waals surface area contributed by atoms with Gasteiger partial charge in [0, 0.05) is 46.0 Å². The summed E-state index contributed by atoms with van der Waals surface area (Å²) in [7, 11) is 2.84. The van der Waals surface area contributed by atoms with Crippen molar-refractivity contribution in [1.29, 1.82) is 0 Å². The summed E-state index contributed by atoms with van der Waals surface area (Å²) in [4.78, 5) is 42.8. The van der Waals surface area contributed by atoms with E-state index in [0.717, 1.165) is 91.1 Å². The number of esters is 2. The molecule has 8 heteroatoms. The average molecular weight is 759 g/mol. The summed E-state index contributed by atoms with van der Waals surface area (Å²) in [6.45, 7) is 13.0. The van der Waals surface area contributed by atoms with Crippen LogP contribution in [-0.4, -0.2) is 46.1 Å². The quantitative estimate of drug-likeness (QED) is 0.0987. The van der Waals surface area contributed by atoms with Gasteiger partial charge in [0.05, 0.1) is 37.0 Å². The highest BCUT2D eigenvalue weighted by Crippen LogP contribution is 2.38. The van der Waals surface area contributed by atoms with Crippen molar-refractivity contribution >= 4 is 68.4 Å². The molecule has 5 rings (SSSR count). The molecule has 2 aliphatic rings. The largest absolute Gasteiger partial charge is 0.469 e. The monoisotopic (exact) mass is 758 g/mol. The minimum absolute atomic E-state index is 0.238. The number of hydrogen-bond acceptors (Lipinski definition) is 6. The second kappa shape index (κ2) is 20.3. The van der Waals surface area contributed by atoms with Crippen molar-refractivity contribution in [3.05, 3.63) is 81.4 Å². The van der Waals surface area contributed by atoms with E-state index in [9.17, 15) is 9.59 Å². The predicted molar refractivity (Wildman–Crippen MR) is 234 cm³/mol. The van der Waals surface area contributed by atoms with Gasteiger partial charge in [-0.2, -0.15) is 0 Å². The van der Waals surface area contributed by atoms with Crippen LogP contribution in [0.4, 0.5) is 0 Å². The summed E-state index contributed by atoms with van der Waals surface area (Å²) in [5.74, 6) is -0.535. The fourth-order valence-electron chi connectivity index (χ4n) is 7.64. The van der Waals surface area contributed by atoms with Gasteiger partial charge in [-0.25, -0.2) is 9.97 Å². The van der Waals surface area contributed by atoms with Gasteiger partial charge in [0.2, 0.25) is 0 Å². The van der Waals surface area contributed by atoms with Crippen molar-refractivity contribution < 1.29 is 19.1 Å². The third-order valence-corrected chi connectivity index (χ3v) is 11.3. The number of rotatable bonds is 18. The molecule has 0 amide bonds. The van der Waals surface area contributed by atoms with Crippen molar-refractivity contribution in [2.24, 2.45) is 0 Å². The second-order valence-corrected chi connectivity index (χ2v) is 15.2. The van der Waals surface area contributed by atoms with E-state index >= 15 is 0 Å². The summed E-state index contributed by atoms with van der Waals surface area (Å²) < 4.78 is 10.1. The van der Waals surface area contributed by atoms with Gasteiger partial charge in [-0.3, -0.25) is 9.59 Å². The van der Waals surface area contributed by atoms with E-state index in [2.05, 4.69) is 94.0 Å². The molecule has 0 aliphatic carbocycles. The second-order valence-electron chi connectivity index (χ2n) is 15.2. The van der Waals surface area contributed by atoms with Crippen LogP contribution in [-0.2, 0) is 19.1 Å². The van der Waals surface area contributed by atoms with Gasteiger partial charge >= 0.3 is 11.9 Å². The molecule has 8 nitrogen and oxygen atoms in total. The summed E-state index contributed by atoms with van der Waals surface area (Å²) in [5, 5.41) is 0. The van der Waals surface area contributed by atoms with Crippen LogP contribution in [0.1, 0.15) is 163 Å². The zero-order chi connectivity index (χ0) is 40.2. The molecule has 5 heterocycles. The van der Waals surface area contributed by atoms with E-state index in [1.54, 1.807) is 0 Å². The maximum Gasteiger partial charge on any atom is 0.305 e. The molecular weight excluding hydrogens is 697 g/mol. The lowest BCUT2D eigenvalue weighted by Gasteiger charge is -2.06. The molecule has 0 aromatic carbocycles. The number of H-pyrrole nitrogens is 2. The maximum absolute atomic E-state index is 12.4. The number of nitrogens with one attached hydrogen (secondary N) is 2. The highest BCUT2D eigenvalue weighted by Gasteiger charge is 2.23. The van der Waals surface area contributed by atoms with Crippen molar-refractivity contribution in [3.8, 4) is 0 Å². The summed E-state index contributed by atoms with van der Waals surface area (Å²) in [5.41, 5.74) is 15.9. The van der Waals surface area contributed by atoms with E-state index in [-0.39, 0.29) is 24.8 Å². The number of methoxy groups -OCH3 is 2. The Morgan fingerprint density at radius 2 is 1.00 bits per heavy atom. The van der Waals surface area contributed by atoms with E-state index in [1.807, 2.05) is 6.07 Å². The summed E-state index contributed by atoms with van der Waals surface area (Å²) in [6.07, 6.45) is 22.5. The number of nitrogens with zero attached hydrogens (tertiary/aromatic N) is 2. The van der Waals surface area contributed by atoms with Gasteiger partial charge < -0.3 is 19.4 Å². The molecular formula is C48H62N4O4. The van der Waals surface area contributed by atoms with Gasteiger partial charge in [-0.05, 0) is 124 Å². The molecule has 0 saturated heterocycles. The van der Waals surface area contributed by atoms with Crippen LogP contribution in [0, 0.1) is 13.8 Å². The molecule has 3 aromatic rings. The lowest BCUT2D eigenvalue weighted by molar-refractivity contribution is -0.141. The number of aromatic nitrogens is 4. The van der Waals surface area contributed by atoms with E-state index in [4.69, 9.17) is 19.4 Å². The molecule has 2 aliphatic heterocycles. The highest BCUT2D eigenvalue weighted by atomic mass is 16.5. The molecule has 298 valence electrons. The summed E-state index contributed by atoms with van der Waals surface area (Å²) >= 11 is 0. The number of carbonyl (C=O) groups excluding carboxylic acids is 2. The number of hydrogen-bond donors (Lipinski definition) is 2. The van der Waals surface area contributed by atoms with Crippen LogP contribution in [0.15, 0.2) is 36.4 Å². The Morgan fingerprint density at radius 1 is 0.571 bits per heavy atom. The molecule has 0 saturated carbocycles. The Kier molecular flexibility index (Phi) is 15.3. The van der Waals surface area contributed by atoms with Crippen molar-refractivity contribution in [2.45, 2.75) is 131 Å². The number of aryl methyl sites for hydroxylation is 2. The number of ether oxygens (including phenoxy) is 2. The predicted octanol–water partition coefficient (Wildman–Crippen LogP) is 12.7. The number of aromatic amines is 2. The Balaban J connectivity index is 1.81. The maximum atomic E-state index is 12.4. The first kappa shape index (κ1) is 42.2. The first-order valence-corrected chi connectivity index (χ1v) is 20.7. The smallest absolute Gasteiger partial charge is 0.305 e. The van der Waals surface area contributed by atoms with Gasteiger partial charge in [0.25, 0.3) is 0 Å². The van der Waals surface area contributed by atoms with Crippen LogP contribution in [0.3, 0.4) is 0 Å². The van der Waals surface area contributed by atoms with Crippen molar-refractivity contribution in [3.63, 3.8) is 0 Å². The Hall–Kier alpha value is -4.98. The van der Waals surface area contributed by atoms with Crippen molar-refractivity contribution in [1.82, 2.24) is 19.9 Å². The highest BCUT2D eigenvalue weighted by molar-refractivity contribution is 5.97. The Bertz CT molecular complexity index is 2190.